The number of hydrogen-bond acceptors (Lipinski definition) is 4. The maximum Gasteiger partial charge on any atom is 0.410 e. The van der Waals surface area contributed by atoms with Gasteiger partial charge in [0.05, 0.1) is 29.7 Å². The van der Waals surface area contributed by atoms with Gasteiger partial charge in [0.2, 0.25) is 0 Å². The summed E-state index contributed by atoms with van der Waals surface area (Å²) < 4.78 is 44.6. The second-order valence-electron chi connectivity index (χ2n) is 9.40. The molecule has 0 aliphatic carbocycles. The van der Waals surface area contributed by atoms with Gasteiger partial charge in [-0.05, 0) is 31.9 Å². The first kappa shape index (κ1) is 24.6. The molecule has 1 aliphatic heterocycles. The Balaban J connectivity index is 1.39. The second-order valence-corrected chi connectivity index (χ2v) is 9.40. The monoisotopic (exact) mass is 508 g/mol. The van der Waals surface area contributed by atoms with Crippen molar-refractivity contribution in [1.29, 1.82) is 0 Å². The summed E-state index contributed by atoms with van der Waals surface area (Å²) in [5, 5.41) is 14.5. The fourth-order valence-electron chi connectivity index (χ4n) is 4.66. The van der Waals surface area contributed by atoms with Gasteiger partial charge in [-0.3, -0.25) is 9.48 Å². The lowest BCUT2D eigenvalue weighted by Gasteiger charge is -2.33. The zero-order valence-corrected chi connectivity index (χ0v) is 20.7. The number of carbonyl (C=O) groups is 1. The largest absolute Gasteiger partial charge is 0.410 e. The topological polar surface area (TPSA) is 76.8 Å². The minimum absolute atomic E-state index is 0.101. The number of alkyl halides is 3. The molecule has 0 bridgehead atoms. The van der Waals surface area contributed by atoms with E-state index in [1.54, 1.807) is 35.9 Å². The van der Waals surface area contributed by atoms with Crippen LogP contribution < -0.4 is 10.6 Å². The highest BCUT2D eigenvalue weighted by Crippen LogP contribution is 2.43. The third-order valence-electron chi connectivity index (χ3n) is 6.70. The third kappa shape index (κ3) is 4.96. The van der Waals surface area contributed by atoms with E-state index in [2.05, 4.69) is 20.8 Å². The van der Waals surface area contributed by atoms with Crippen molar-refractivity contribution in [2.45, 2.75) is 52.0 Å². The number of anilines is 2. The molecule has 0 saturated carbocycles. The van der Waals surface area contributed by atoms with E-state index in [-0.39, 0.29) is 17.9 Å². The number of rotatable bonds is 5. The van der Waals surface area contributed by atoms with Crippen LogP contribution >= 0.6 is 0 Å². The van der Waals surface area contributed by atoms with E-state index in [1.165, 1.54) is 6.07 Å². The number of halogens is 3. The van der Waals surface area contributed by atoms with Gasteiger partial charge in [-0.1, -0.05) is 60.2 Å². The SMILES string of the molecule is Cc1ccc(Cn2nc(C)c(NC(=O)c3cc4n(n3)C(C(F)(F)F)CC(c3ccccc3)N4)c2C)cc1. The lowest BCUT2D eigenvalue weighted by atomic mass is 9.97. The van der Waals surface area contributed by atoms with E-state index >= 15 is 0 Å². The molecule has 2 N–H and O–H groups in total. The summed E-state index contributed by atoms with van der Waals surface area (Å²) in [7, 11) is 0. The molecule has 37 heavy (non-hydrogen) atoms. The van der Waals surface area contributed by atoms with E-state index < -0.39 is 24.2 Å². The maximum atomic E-state index is 14.0. The van der Waals surface area contributed by atoms with Crippen LogP contribution in [0.25, 0.3) is 0 Å². The normalized spacial score (nSPS) is 17.2. The number of amides is 1. The van der Waals surface area contributed by atoms with Crippen LogP contribution in [0.5, 0.6) is 0 Å². The summed E-state index contributed by atoms with van der Waals surface area (Å²) in [6, 6.07) is 16.0. The van der Waals surface area contributed by atoms with Crippen LogP contribution in [0.3, 0.4) is 0 Å². The van der Waals surface area contributed by atoms with Crippen LogP contribution in [-0.4, -0.2) is 31.6 Å². The predicted octanol–water partition coefficient (Wildman–Crippen LogP) is 5.97. The average molecular weight is 509 g/mol. The molecule has 2 aromatic carbocycles. The van der Waals surface area contributed by atoms with Gasteiger partial charge in [0.15, 0.2) is 11.7 Å². The van der Waals surface area contributed by atoms with Crippen LogP contribution in [-0.2, 0) is 6.54 Å². The Labute approximate surface area is 212 Å². The first-order valence-corrected chi connectivity index (χ1v) is 12.0. The highest BCUT2D eigenvalue weighted by atomic mass is 19.4. The number of nitrogens with one attached hydrogen (secondary N) is 2. The van der Waals surface area contributed by atoms with Crippen molar-refractivity contribution in [2.75, 3.05) is 10.6 Å². The van der Waals surface area contributed by atoms with Crippen molar-refractivity contribution in [3.05, 3.63) is 94.4 Å². The zero-order valence-electron chi connectivity index (χ0n) is 20.7. The van der Waals surface area contributed by atoms with Gasteiger partial charge < -0.3 is 10.6 Å². The Morgan fingerprint density at radius 3 is 2.43 bits per heavy atom. The molecule has 3 heterocycles. The molecule has 0 fully saturated rings. The molecular formula is C27H27F3N6O. The van der Waals surface area contributed by atoms with Gasteiger partial charge in [-0.2, -0.15) is 23.4 Å². The van der Waals surface area contributed by atoms with Crippen molar-refractivity contribution in [3.8, 4) is 0 Å². The van der Waals surface area contributed by atoms with Gasteiger partial charge in [0.1, 0.15) is 5.82 Å². The Kier molecular flexibility index (Phi) is 6.26. The molecule has 1 amide bonds. The number of hydrogen-bond donors (Lipinski definition) is 2. The summed E-state index contributed by atoms with van der Waals surface area (Å²) in [6.45, 7) is 6.16. The molecule has 4 aromatic rings. The van der Waals surface area contributed by atoms with E-state index in [4.69, 9.17) is 0 Å². The van der Waals surface area contributed by atoms with Crippen molar-refractivity contribution in [2.24, 2.45) is 0 Å². The molecule has 7 nitrogen and oxygen atoms in total. The van der Waals surface area contributed by atoms with Crippen molar-refractivity contribution in [3.63, 3.8) is 0 Å². The van der Waals surface area contributed by atoms with Crippen LogP contribution in [0.1, 0.15) is 57.1 Å². The van der Waals surface area contributed by atoms with Gasteiger partial charge in [-0.15, -0.1) is 0 Å². The van der Waals surface area contributed by atoms with Crippen LogP contribution in [0.4, 0.5) is 24.7 Å². The van der Waals surface area contributed by atoms with Crippen molar-refractivity contribution >= 4 is 17.4 Å². The molecule has 192 valence electrons. The van der Waals surface area contributed by atoms with E-state index in [0.717, 1.165) is 27.1 Å². The smallest absolute Gasteiger partial charge is 0.363 e. The molecule has 1 aliphatic rings. The molecule has 0 radical (unpaired) electrons. The molecule has 2 aromatic heterocycles. The maximum absolute atomic E-state index is 14.0. The number of carbonyl (C=O) groups excluding carboxylic acids is 1. The van der Waals surface area contributed by atoms with Gasteiger partial charge >= 0.3 is 6.18 Å². The molecule has 5 rings (SSSR count). The third-order valence-corrected chi connectivity index (χ3v) is 6.70. The molecule has 2 unspecified atom stereocenters. The minimum atomic E-state index is -4.52. The van der Waals surface area contributed by atoms with Crippen molar-refractivity contribution in [1.82, 2.24) is 19.6 Å². The fourth-order valence-corrected chi connectivity index (χ4v) is 4.66. The summed E-state index contributed by atoms with van der Waals surface area (Å²) in [6.07, 6.45) is -4.75. The lowest BCUT2D eigenvalue weighted by molar-refractivity contribution is -0.173. The summed E-state index contributed by atoms with van der Waals surface area (Å²) in [4.78, 5) is 13.1. The quantitative estimate of drug-likeness (QED) is 0.349. The first-order chi connectivity index (χ1) is 17.6. The van der Waals surface area contributed by atoms with Crippen LogP contribution in [0.15, 0.2) is 60.7 Å². The summed E-state index contributed by atoms with van der Waals surface area (Å²) in [5.74, 6) is -0.446. The zero-order chi connectivity index (χ0) is 26.3. The Morgan fingerprint density at radius 2 is 1.76 bits per heavy atom. The predicted molar refractivity (Wildman–Crippen MR) is 135 cm³/mol. The van der Waals surface area contributed by atoms with Gasteiger partial charge in [0, 0.05) is 12.5 Å². The number of benzene rings is 2. The number of aryl methyl sites for hydroxylation is 2. The van der Waals surface area contributed by atoms with E-state index in [9.17, 15) is 18.0 Å². The first-order valence-electron chi connectivity index (χ1n) is 12.0. The molecule has 10 heteroatoms. The lowest BCUT2D eigenvalue weighted by Crippen LogP contribution is -2.35. The Bertz CT molecular complexity index is 1420. The summed E-state index contributed by atoms with van der Waals surface area (Å²) in [5.41, 5.74) is 4.73. The van der Waals surface area contributed by atoms with Crippen molar-refractivity contribution < 1.29 is 18.0 Å². The summed E-state index contributed by atoms with van der Waals surface area (Å²) >= 11 is 0. The highest BCUT2D eigenvalue weighted by molar-refractivity contribution is 6.04. The number of fused-ring (bicyclic) bond motifs is 1. The highest BCUT2D eigenvalue weighted by Gasteiger charge is 2.46. The second kappa shape index (κ2) is 9.42. The number of nitrogens with zero attached hydrogens (tertiary/aromatic N) is 4. The molecular weight excluding hydrogens is 481 g/mol. The van der Waals surface area contributed by atoms with E-state index in [1.807, 2.05) is 44.2 Å². The molecule has 0 saturated heterocycles. The minimum Gasteiger partial charge on any atom is -0.363 e. The molecule has 0 spiro atoms. The average Bonchev–Trinajstić information content (AvgIpc) is 3.41. The van der Waals surface area contributed by atoms with Gasteiger partial charge in [0.25, 0.3) is 5.91 Å². The van der Waals surface area contributed by atoms with Crippen LogP contribution in [0, 0.1) is 20.8 Å². The molecule has 2 atom stereocenters. The Morgan fingerprint density at radius 1 is 1.05 bits per heavy atom. The fraction of sp³-hybridized carbons (Fsp3) is 0.296. The number of aromatic nitrogens is 4. The van der Waals surface area contributed by atoms with E-state index in [0.29, 0.717) is 17.9 Å². The standard InChI is InChI=1S/C27H27F3N6O/c1-16-9-11-19(12-10-16)15-35-18(3)25(17(2)33-35)32-26(37)22-14-24-31-21(20-7-5-4-6-8-20)13-23(27(28,29)30)36(24)34-22/h4-12,14,21,23,31H,13,15H2,1-3H3,(H,32,37). The van der Waals surface area contributed by atoms with Gasteiger partial charge in [-0.25, -0.2) is 4.68 Å². The van der Waals surface area contributed by atoms with Crippen LogP contribution in [0.2, 0.25) is 0 Å². The Hall–Kier alpha value is -4.08.